The molecule has 1 amide bonds. The van der Waals surface area contributed by atoms with Gasteiger partial charge in [0, 0.05) is 18.5 Å². The molecule has 4 nitrogen and oxygen atoms in total. The average molecular weight is 194 g/mol. The zero-order valence-electron chi connectivity index (χ0n) is 8.33. The first-order chi connectivity index (χ1) is 6.61. The molecule has 0 unspecified atom stereocenters. The van der Waals surface area contributed by atoms with Crippen LogP contribution in [0.3, 0.4) is 0 Å². The number of anilines is 2. The Bertz CT molecular complexity index is 317. The number of carbonyl (C=O) groups excluding carboxylic acids is 1. The predicted octanol–water partition coefficient (Wildman–Crippen LogP) is 1.16. The monoisotopic (exact) mass is 194 g/mol. The van der Waals surface area contributed by atoms with Gasteiger partial charge < -0.3 is 15.8 Å². The quantitative estimate of drug-likeness (QED) is 0.710. The molecule has 0 aromatic heterocycles. The maximum Gasteiger partial charge on any atom is 0.250 e. The van der Waals surface area contributed by atoms with Gasteiger partial charge in [-0.15, -0.1) is 0 Å². The maximum atomic E-state index is 11.2. The molecule has 1 aromatic rings. The second-order valence-corrected chi connectivity index (χ2v) is 3.11. The molecule has 0 heterocycles. The zero-order chi connectivity index (χ0) is 10.6. The highest BCUT2D eigenvalue weighted by Gasteiger charge is 2.01. The van der Waals surface area contributed by atoms with Crippen LogP contribution in [0.25, 0.3) is 0 Å². The highest BCUT2D eigenvalue weighted by atomic mass is 16.5. The molecule has 0 aliphatic carbocycles. The fourth-order valence-corrected chi connectivity index (χ4v) is 1.21. The molecule has 76 valence electrons. The summed E-state index contributed by atoms with van der Waals surface area (Å²) < 4.78 is 4.69. The van der Waals surface area contributed by atoms with Crippen LogP contribution in [-0.2, 0) is 9.53 Å². The third-order valence-electron chi connectivity index (χ3n) is 1.66. The summed E-state index contributed by atoms with van der Waals surface area (Å²) >= 11 is 0. The summed E-state index contributed by atoms with van der Waals surface area (Å²) in [4.78, 5) is 11.2. The second-order valence-electron chi connectivity index (χ2n) is 3.11. The van der Waals surface area contributed by atoms with E-state index in [4.69, 9.17) is 10.5 Å². The summed E-state index contributed by atoms with van der Waals surface area (Å²) in [5.41, 5.74) is 7.97. The van der Waals surface area contributed by atoms with Crippen LogP contribution in [0.4, 0.5) is 11.4 Å². The fourth-order valence-electron chi connectivity index (χ4n) is 1.21. The number of carbonyl (C=O) groups is 1. The molecule has 0 radical (unpaired) electrons. The van der Waals surface area contributed by atoms with Crippen molar-refractivity contribution in [2.75, 3.05) is 24.8 Å². The lowest BCUT2D eigenvalue weighted by Crippen LogP contribution is -2.17. The van der Waals surface area contributed by atoms with Crippen molar-refractivity contribution in [2.45, 2.75) is 6.92 Å². The number of ether oxygens (including phenoxy) is 1. The normalized spacial score (nSPS) is 9.86. The molecule has 1 rings (SSSR count). The van der Waals surface area contributed by atoms with Crippen molar-refractivity contribution in [3.8, 4) is 0 Å². The van der Waals surface area contributed by atoms with Crippen molar-refractivity contribution in [3.63, 3.8) is 0 Å². The first-order valence-corrected chi connectivity index (χ1v) is 4.28. The Morgan fingerprint density at radius 1 is 1.50 bits per heavy atom. The van der Waals surface area contributed by atoms with Gasteiger partial charge in [0.05, 0.1) is 0 Å². The Kier molecular flexibility index (Phi) is 3.48. The van der Waals surface area contributed by atoms with E-state index >= 15 is 0 Å². The number of hydrogen-bond donors (Lipinski definition) is 2. The number of benzene rings is 1. The van der Waals surface area contributed by atoms with Crippen LogP contribution in [0.15, 0.2) is 18.2 Å². The lowest BCUT2D eigenvalue weighted by atomic mass is 10.2. The van der Waals surface area contributed by atoms with Crippen LogP contribution in [0, 0.1) is 6.92 Å². The van der Waals surface area contributed by atoms with Gasteiger partial charge in [-0.2, -0.15) is 0 Å². The number of rotatable bonds is 3. The van der Waals surface area contributed by atoms with Crippen molar-refractivity contribution < 1.29 is 9.53 Å². The molecular weight excluding hydrogens is 180 g/mol. The molecule has 0 aliphatic heterocycles. The Balaban J connectivity index is 2.71. The predicted molar refractivity (Wildman–Crippen MR) is 56.1 cm³/mol. The van der Waals surface area contributed by atoms with Crippen LogP contribution in [0.5, 0.6) is 0 Å². The molecule has 0 aliphatic rings. The van der Waals surface area contributed by atoms with E-state index in [-0.39, 0.29) is 12.5 Å². The van der Waals surface area contributed by atoms with Gasteiger partial charge in [-0.3, -0.25) is 4.79 Å². The first kappa shape index (κ1) is 10.5. The lowest BCUT2D eigenvalue weighted by Gasteiger charge is -2.06. The van der Waals surface area contributed by atoms with Gasteiger partial charge in [-0.05, 0) is 30.7 Å². The molecule has 0 saturated heterocycles. The second kappa shape index (κ2) is 4.62. The topological polar surface area (TPSA) is 64.3 Å². The van der Waals surface area contributed by atoms with E-state index < -0.39 is 0 Å². The fraction of sp³-hybridized carbons (Fsp3) is 0.300. The number of aryl methyl sites for hydroxylation is 1. The van der Waals surface area contributed by atoms with Crippen molar-refractivity contribution in [3.05, 3.63) is 23.8 Å². The summed E-state index contributed by atoms with van der Waals surface area (Å²) in [5, 5.41) is 2.68. The molecule has 0 bridgehead atoms. The largest absolute Gasteiger partial charge is 0.399 e. The van der Waals surface area contributed by atoms with E-state index in [1.807, 2.05) is 19.1 Å². The molecule has 1 aromatic carbocycles. The van der Waals surface area contributed by atoms with Crippen LogP contribution in [0.2, 0.25) is 0 Å². The Morgan fingerprint density at radius 3 is 2.79 bits per heavy atom. The van der Waals surface area contributed by atoms with Gasteiger partial charge in [-0.25, -0.2) is 0 Å². The van der Waals surface area contributed by atoms with E-state index in [1.54, 1.807) is 6.07 Å². The molecule has 4 heteroatoms. The highest BCUT2D eigenvalue weighted by Crippen LogP contribution is 2.15. The van der Waals surface area contributed by atoms with Gasteiger partial charge in [0.1, 0.15) is 6.61 Å². The number of methoxy groups -OCH3 is 1. The number of nitrogen functional groups attached to an aromatic ring is 1. The van der Waals surface area contributed by atoms with Crippen molar-refractivity contribution >= 4 is 17.3 Å². The number of amides is 1. The summed E-state index contributed by atoms with van der Waals surface area (Å²) in [7, 11) is 1.48. The van der Waals surface area contributed by atoms with Gasteiger partial charge in [0.2, 0.25) is 5.91 Å². The van der Waals surface area contributed by atoms with E-state index in [2.05, 4.69) is 5.32 Å². The van der Waals surface area contributed by atoms with Crippen LogP contribution in [-0.4, -0.2) is 19.6 Å². The Hall–Kier alpha value is -1.55. The third-order valence-corrected chi connectivity index (χ3v) is 1.66. The van der Waals surface area contributed by atoms with Crippen molar-refractivity contribution in [2.24, 2.45) is 0 Å². The standard InChI is InChI=1S/C10H14N2O2/c1-7-3-8(11)5-9(4-7)12-10(13)6-14-2/h3-5H,6,11H2,1-2H3,(H,12,13). The molecule has 0 saturated carbocycles. The van der Waals surface area contributed by atoms with Gasteiger partial charge in [0.15, 0.2) is 0 Å². The molecule has 0 fully saturated rings. The van der Waals surface area contributed by atoms with Gasteiger partial charge in [0.25, 0.3) is 0 Å². The Morgan fingerprint density at radius 2 is 2.21 bits per heavy atom. The third kappa shape index (κ3) is 3.06. The van der Waals surface area contributed by atoms with Gasteiger partial charge >= 0.3 is 0 Å². The zero-order valence-corrected chi connectivity index (χ0v) is 8.33. The highest BCUT2D eigenvalue weighted by molar-refractivity contribution is 5.92. The number of nitrogens with one attached hydrogen (secondary N) is 1. The Labute approximate surface area is 83.1 Å². The molecule has 3 N–H and O–H groups in total. The lowest BCUT2D eigenvalue weighted by molar-refractivity contribution is -0.119. The maximum absolute atomic E-state index is 11.2. The van der Waals surface area contributed by atoms with E-state index in [1.165, 1.54) is 7.11 Å². The van der Waals surface area contributed by atoms with Crippen LogP contribution >= 0.6 is 0 Å². The first-order valence-electron chi connectivity index (χ1n) is 4.28. The molecule has 14 heavy (non-hydrogen) atoms. The van der Waals surface area contributed by atoms with Gasteiger partial charge in [-0.1, -0.05) is 0 Å². The number of nitrogens with two attached hydrogens (primary N) is 1. The summed E-state index contributed by atoms with van der Waals surface area (Å²) in [6, 6.07) is 5.40. The molecule has 0 atom stereocenters. The van der Waals surface area contributed by atoms with E-state index in [9.17, 15) is 4.79 Å². The SMILES string of the molecule is COCC(=O)Nc1cc(C)cc(N)c1. The van der Waals surface area contributed by atoms with E-state index in [0.717, 1.165) is 5.56 Å². The molecular formula is C10H14N2O2. The molecule has 0 spiro atoms. The minimum absolute atomic E-state index is 0.0495. The summed E-state index contributed by atoms with van der Waals surface area (Å²) in [5.74, 6) is -0.183. The van der Waals surface area contributed by atoms with Crippen molar-refractivity contribution in [1.82, 2.24) is 0 Å². The number of hydrogen-bond acceptors (Lipinski definition) is 3. The van der Waals surface area contributed by atoms with E-state index in [0.29, 0.717) is 11.4 Å². The summed E-state index contributed by atoms with van der Waals surface area (Å²) in [6.07, 6.45) is 0. The van der Waals surface area contributed by atoms with Crippen LogP contribution < -0.4 is 11.1 Å². The summed E-state index contributed by atoms with van der Waals surface area (Å²) in [6.45, 7) is 1.97. The van der Waals surface area contributed by atoms with Crippen molar-refractivity contribution in [1.29, 1.82) is 0 Å². The smallest absolute Gasteiger partial charge is 0.250 e. The minimum Gasteiger partial charge on any atom is -0.399 e. The van der Waals surface area contributed by atoms with Crippen LogP contribution in [0.1, 0.15) is 5.56 Å². The average Bonchev–Trinajstić information content (AvgIpc) is 2.01. The minimum atomic E-state index is -0.183.